The minimum absolute atomic E-state index is 0.00674. The molecule has 4 nitrogen and oxygen atoms in total. The zero-order valence-electron chi connectivity index (χ0n) is 11.8. The van der Waals surface area contributed by atoms with Gasteiger partial charge in [-0.25, -0.2) is 0 Å². The Morgan fingerprint density at radius 3 is 2.60 bits per heavy atom. The number of carboxylic acid groups (broad SMARTS) is 1. The van der Waals surface area contributed by atoms with Gasteiger partial charge in [-0.2, -0.15) is 0 Å². The fourth-order valence-electron chi connectivity index (χ4n) is 2.39. The van der Waals surface area contributed by atoms with E-state index in [1.807, 2.05) is 31.2 Å². The van der Waals surface area contributed by atoms with Crippen molar-refractivity contribution in [1.82, 2.24) is 5.32 Å². The minimum Gasteiger partial charge on any atom is -0.481 e. The Hall–Kier alpha value is -1.84. The summed E-state index contributed by atoms with van der Waals surface area (Å²) in [5.41, 5.74) is 2.11. The maximum atomic E-state index is 11.8. The molecule has 0 bridgehead atoms. The van der Waals surface area contributed by atoms with Crippen molar-refractivity contribution in [2.24, 2.45) is 11.8 Å². The zero-order valence-corrected chi connectivity index (χ0v) is 11.8. The summed E-state index contributed by atoms with van der Waals surface area (Å²) in [5.74, 6) is -1.32. The van der Waals surface area contributed by atoms with Gasteiger partial charge in [0.1, 0.15) is 0 Å². The number of nitrogens with one attached hydrogen (secondary N) is 1. The van der Waals surface area contributed by atoms with Gasteiger partial charge in [0.15, 0.2) is 0 Å². The molecule has 1 aliphatic carbocycles. The molecule has 1 saturated carbocycles. The highest BCUT2D eigenvalue weighted by molar-refractivity contribution is 5.80. The minimum atomic E-state index is -0.859. The van der Waals surface area contributed by atoms with Crippen LogP contribution in [0.5, 0.6) is 0 Å². The van der Waals surface area contributed by atoms with Crippen molar-refractivity contribution >= 4 is 11.9 Å². The van der Waals surface area contributed by atoms with E-state index < -0.39 is 11.9 Å². The van der Waals surface area contributed by atoms with Gasteiger partial charge in [0.2, 0.25) is 5.91 Å². The quantitative estimate of drug-likeness (QED) is 0.836. The molecular weight excluding hydrogens is 254 g/mol. The predicted molar refractivity (Wildman–Crippen MR) is 76.4 cm³/mol. The van der Waals surface area contributed by atoms with Gasteiger partial charge < -0.3 is 10.4 Å². The number of amides is 1. The molecule has 0 saturated heterocycles. The molecule has 1 aromatic carbocycles. The lowest BCUT2D eigenvalue weighted by molar-refractivity contribution is -0.141. The molecule has 1 fully saturated rings. The Morgan fingerprint density at radius 2 is 2.05 bits per heavy atom. The van der Waals surface area contributed by atoms with Crippen molar-refractivity contribution in [3.63, 3.8) is 0 Å². The van der Waals surface area contributed by atoms with Crippen LogP contribution in [0.4, 0.5) is 0 Å². The Morgan fingerprint density at radius 1 is 1.35 bits per heavy atom. The number of carboxylic acids is 1. The maximum absolute atomic E-state index is 11.8. The van der Waals surface area contributed by atoms with Gasteiger partial charge in [-0.15, -0.1) is 0 Å². The summed E-state index contributed by atoms with van der Waals surface area (Å²) in [7, 11) is 0. The van der Waals surface area contributed by atoms with Crippen LogP contribution >= 0.6 is 0 Å². The molecule has 0 aromatic heterocycles. The smallest absolute Gasteiger partial charge is 0.308 e. The molecule has 108 valence electrons. The summed E-state index contributed by atoms with van der Waals surface area (Å²) in [4.78, 5) is 23.1. The van der Waals surface area contributed by atoms with Crippen molar-refractivity contribution in [2.45, 2.75) is 32.6 Å². The predicted octanol–water partition coefficient (Wildman–Crippen LogP) is 2.15. The molecule has 0 aliphatic heterocycles. The number of benzene rings is 1. The van der Waals surface area contributed by atoms with Crippen molar-refractivity contribution < 1.29 is 14.7 Å². The summed E-state index contributed by atoms with van der Waals surface area (Å²) < 4.78 is 0. The van der Waals surface area contributed by atoms with E-state index in [-0.39, 0.29) is 18.4 Å². The lowest BCUT2D eigenvalue weighted by atomic mass is 9.84. The maximum Gasteiger partial charge on any atom is 0.308 e. The average Bonchev–Trinajstić information content (AvgIpc) is 2.34. The number of hydrogen-bond donors (Lipinski definition) is 2. The second-order valence-corrected chi connectivity index (χ2v) is 5.54. The average molecular weight is 275 g/mol. The standard InChI is InChI=1S/C16H21NO3/c1-11-5-2-3-6-13(11)9-14(16(19)20)10-17-15(18)12-7-4-8-12/h2-3,5-6,12,14H,4,7-10H2,1H3,(H,17,18)(H,19,20)/t14-/m1/s1. The Kier molecular flexibility index (Phi) is 4.77. The number of carbonyl (C=O) groups excluding carboxylic acids is 1. The highest BCUT2D eigenvalue weighted by atomic mass is 16.4. The van der Waals surface area contributed by atoms with Gasteiger partial charge in [-0.1, -0.05) is 30.7 Å². The molecule has 1 aromatic rings. The molecule has 1 aliphatic rings. The molecule has 0 unspecified atom stereocenters. The first-order chi connectivity index (χ1) is 9.58. The van der Waals surface area contributed by atoms with E-state index >= 15 is 0 Å². The van der Waals surface area contributed by atoms with Crippen LogP contribution in [0.25, 0.3) is 0 Å². The monoisotopic (exact) mass is 275 g/mol. The molecule has 4 heteroatoms. The normalized spacial score (nSPS) is 16.2. The Bertz CT molecular complexity index is 494. The van der Waals surface area contributed by atoms with Gasteiger partial charge in [-0.05, 0) is 37.3 Å². The summed E-state index contributed by atoms with van der Waals surface area (Å²) >= 11 is 0. The summed E-state index contributed by atoms with van der Waals surface area (Å²) in [6.45, 7) is 2.18. The third-order valence-electron chi connectivity index (χ3n) is 4.08. The summed E-state index contributed by atoms with van der Waals surface area (Å²) in [5, 5.41) is 12.1. The number of aliphatic carboxylic acids is 1. The van der Waals surface area contributed by atoms with Gasteiger partial charge >= 0.3 is 5.97 Å². The summed E-state index contributed by atoms with van der Waals surface area (Å²) in [6, 6.07) is 7.77. The van der Waals surface area contributed by atoms with Crippen LogP contribution in [0.1, 0.15) is 30.4 Å². The van der Waals surface area contributed by atoms with Crippen molar-refractivity contribution in [3.8, 4) is 0 Å². The highest BCUT2D eigenvalue weighted by Crippen LogP contribution is 2.26. The molecule has 1 amide bonds. The Labute approximate surface area is 119 Å². The Balaban J connectivity index is 1.92. The molecule has 0 heterocycles. The number of aryl methyl sites for hydroxylation is 1. The number of rotatable bonds is 6. The largest absolute Gasteiger partial charge is 0.481 e. The van der Waals surface area contributed by atoms with Crippen LogP contribution in [0.15, 0.2) is 24.3 Å². The SMILES string of the molecule is Cc1ccccc1C[C@H](CNC(=O)C1CCC1)C(=O)O. The van der Waals surface area contributed by atoms with Crippen LogP contribution in [0.2, 0.25) is 0 Å². The molecule has 20 heavy (non-hydrogen) atoms. The first-order valence-corrected chi connectivity index (χ1v) is 7.13. The molecule has 2 N–H and O–H groups in total. The zero-order chi connectivity index (χ0) is 14.5. The molecule has 1 atom stereocenters. The van der Waals surface area contributed by atoms with Crippen LogP contribution in [-0.2, 0) is 16.0 Å². The lowest BCUT2D eigenvalue weighted by Gasteiger charge is -2.25. The van der Waals surface area contributed by atoms with E-state index in [4.69, 9.17) is 0 Å². The number of hydrogen-bond acceptors (Lipinski definition) is 2. The van der Waals surface area contributed by atoms with E-state index in [1.165, 1.54) is 0 Å². The van der Waals surface area contributed by atoms with Crippen LogP contribution in [0, 0.1) is 18.8 Å². The van der Waals surface area contributed by atoms with Crippen LogP contribution in [-0.4, -0.2) is 23.5 Å². The van der Waals surface area contributed by atoms with Crippen LogP contribution in [0.3, 0.4) is 0 Å². The first-order valence-electron chi connectivity index (χ1n) is 7.13. The molecule has 2 rings (SSSR count). The van der Waals surface area contributed by atoms with Gasteiger partial charge in [0.25, 0.3) is 0 Å². The second kappa shape index (κ2) is 6.55. The van der Waals surface area contributed by atoms with E-state index in [0.717, 1.165) is 30.4 Å². The highest BCUT2D eigenvalue weighted by Gasteiger charge is 2.26. The van der Waals surface area contributed by atoms with Crippen LogP contribution < -0.4 is 5.32 Å². The molecule has 0 spiro atoms. The topological polar surface area (TPSA) is 66.4 Å². The third kappa shape index (κ3) is 3.59. The fraction of sp³-hybridized carbons (Fsp3) is 0.500. The summed E-state index contributed by atoms with van der Waals surface area (Å²) in [6.07, 6.45) is 3.42. The van der Waals surface area contributed by atoms with Crippen molar-refractivity contribution in [1.29, 1.82) is 0 Å². The van der Waals surface area contributed by atoms with Crippen molar-refractivity contribution in [3.05, 3.63) is 35.4 Å². The van der Waals surface area contributed by atoms with Gasteiger partial charge in [0.05, 0.1) is 5.92 Å². The molecular formula is C16H21NO3. The molecule has 0 radical (unpaired) electrons. The van der Waals surface area contributed by atoms with E-state index in [1.54, 1.807) is 0 Å². The number of carbonyl (C=O) groups is 2. The van der Waals surface area contributed by atoms with E-state index in [0.29, 0.717) is 6.42 Å². The van der Waals surface area contributed by atoms with Crippen molar-refractivity contribution in [2.75, 3.05) is 6.54 Å². The third-order valence-corrected chi connectivity index (χ3v) is 4.08. The second-order valence-electron chi connectivity index (χ2n) is 5.54. The van der Waals surface area contributed by atoms with Gasteiger partial charge in [0, 0.05) is 12.5 Å². The van der Waals surface area contributed by atoms with Gasteiger partial charge in [-0.3, -0.25) is 9.59 Å². The first kappa shape index (κ1) is 14.6. The van der Waals surface area contributed by atoms with E-state index in [9.17, 15) is 14.7 Å². The van der Waals surface area contributed by atoms with E-state index in [2.05, 4.69) is 5.32 Å². The fourth-order valence-corrected chi connectivity index (χ4v) is 2.39. The lowest BCUT2D eigenvalue weighted by Crippen LogP contribution is -2.39.